The van der Waals surface area contributed by atoms with Crippen LogP contribution in [0.1, 0.15) is 11.1 Å². The van der Waals surface area contributed by atoms with Crippen molar-refractivity contribution in [3.05, 3.63) is 51.7 Å². The molecule has 0 heterocycles. The van der Waals surface area contributed by atoms with Gasteiger partial charge in [0.2, 0.25) is 0 Å². The van der Waals surface area contributed by atoms with E-state index < -0.39 is 0 Å². The number of nitrogens with two attached hydrogens (primary N) is 1. The standard InChI is InChI=1S/C15H16BrFN2/c1-9-4-5-14(10(2)6-9)19(3)15-7-11(16)12(17)8-13(15)18/h4-8H,18H2,1-3H3. The van der Waals surface area contributed by atoms with Crippen molar-refractivity contribution in [1.29, 1.82) is 0 Å². The summed E-state index contributed by atoms with van der Waals surface area (Å²) in [5.74, 6) is -0.352. The lowest BCUT2D eigenvalue weighted by molar-refractivity contribution is 0.622. The predicted molar refractivity (Wildman–Crippen MR) is 82.5 cm³/mol. The summed E-state index contributed by atoms with van der Waals surface area (Å²) in [6.45, 7) is 4.10. The Balaban J connectivity index is 2.49. The second-order valence-corrected chi connectivity index (χ2v) is 5.53. The lowest BCUT2D eigenvalue weighted by atomic mass is 10.1. The summed E-state index contributed by atoms with van der Waals surface area (Å²) in [5.41, 5.74) is 10.5. The monoisotopic (exact) mass is 322 g/mol. The summed E-state index contributed by atoms with van der Waals surface area (Å²) in [4.78, 5) is 1.97. The van der Waals surface area contributed by atoms with Crippen LogP contribution >= 0.6 is 15.9 Å². The first kappa shape index (κ1) is 13.9. The van der Waals surface area contributed by atoms with E-state index in [-0.39, 0.29) is 5.82 Å². The van der Waals surface area contributed by atoms with Crippen molar-refractivity contribution in [2.45, 2.75) is 13.8 Å². The van der Waals surface area contributed by atoms with Crippen molar-refractivity contribution in [1.82, 2.24) is 0 Å². The van der Waals surface area contributed by atoms with Gasteiger partial charge in [0.25, 0.3) is 0 Å². The second kappa shape index (κ2) is 5.21. The average molecular weight is 323 g/mol. The zero-order valence-corrected chi connectivity index (χ0v) is 12.8. The summed E-state index contributed by atoms with van der Waals surface area (Å²) >= 11 is 3.19. The Kier molecular flexibility index (Phi) is 3.80. The van der Waals surface area contributed by atoms with Crippen LogP contribution in [0.4, 0.5) is 21.5 Å². The van der Waals surface area contributed by atoms with Gasteiger partial charge < -0.3 is 10.6 Å². The molecule has 0 unspecified atom stereocenters. The minimum absolute atomic E-state index is 0.352. The maximum absolute atomic E-state index is 13.4. The number of aryl methyl sites for hydroxylation is 2. The summed E-state index contributed by atoms with van der Waals surface area (Å²) in [6.07, 6.45) is 0. The van der Waals surface area contributed by atoms with Crippen LogP contribution in [0.15, 0.2) is 34.8 Å². The molecule has 4 heteroatoms. The number of anilines is 3. The molecule has 2 N–H and O–H groups in total. The first-order chi connectivity index (χ1) is 8.90. The van der Waals surface area contributed by atoms with E-state index in [2.05, 4.69) is 28.9 Å². The van der Waals surface area contributed by atoms with Gasteiger partial charge in [-0.05, 0) is 47.5 Å². The van der Waals surface area contributed by atoms with Crippen molar-refractivity contribution in [2.75, 3.05) is 17.7 Å². The summed E-state index contributed by atoms with van der Waals surface area (Å²) < 4.78 is 13.8. The average Bonchev–Trinajstić information content (AvgIpc) is 2.33. The van der Waals surface area contributed by atoms with Gasteiger partial charge in [0.15, 0.2) is 0 Å². The van der Waals surface area contributed by atoms with Crippen molar-refractivity contribution < 1.29 is 4.39 Å². The van der Waals surface area contributed by atoms with Crippen LogP contribution in [0, 0.1) is 19.7 Å². The number of benzene rings is 2. The fraction of sp³-hybridized carbons (Fsp3) is 0.200. The predicted octanol–water partition coefficient (Wildman–Crippen LogP) is 4.56. The molecule has 2 aromatic rings. The van der Waals surface area contributed by atoms with Crippen molar-refractivity contribution in [2.24, 2.45) is 0 Å². The molecule has 2 aromatic carbocycles. The van der Waals surface area contributed by atoms with Gasteiger partial charge in [0.05, 0.1) is 15.8 Å². The molecule has 0 fully saturated rings. The van der Waals surface area contributed by atoms with E-state index in [4.69, 9.17) is 5.73 Å². The highest BCUT2D eigenvalue weighted by atomic mass is 79.9. The molecule has 2 rings (SSSR count). The largest absolute Gasteiger partial charge is 0.397 e. The summed E-state index contributed by atoms with van der Waals surface area (Å²) in [5, 5.41) is 0. The Morgan fingerprint density at radius 2 is 1.79 bits per heavy atom. The quantitative estimate of drug-likeness (QED) is 0.821. The number of hydrogen-bond acceptors (Lipinski definition) is 2. The molecule has 0 bridgehead atoms. The SMILES string of the molecule is Cc1ccc(N(C)c2cc(Br)c(F)cc2N)c(C)c1. The third-order valence-electron chi connectivity index (χ3n) is 3.14. The van der Waals surface area contributed by atoms with E-state index in [9.17, 15) is 4.39 Å². The Labute approximate surface area is 121 Å². The Hall–Kier alpha value is -1.55. The maximum atomic E-state index is 13.4. The third kappa shape index (κ3) is 2.73. The zero-order valence-electron chi connectivity index (χ0n) is 11.2. The molecule has 0 atom stereocenters. The summed E-state index contributed by atoms with van der Waals surface area (Å²) in [7, 11) is 1.92. The second-order valence-electron chi connectivity index (χ2n) is 4.67. The molecule has 19 heavy (non-hydrogen) atoms. The van der Waals surface area contributed by atoms with E-state index in [0.717, 1.165) is 16.9 Å². The molecule has 0 amide bonds. The smallest absolute Gasteiger partial charge is 0.139 e. The summed E-state index contributed by atoms with van der Waals surface area (Å²) in [6, 6.07) is 9.24. The minimum atomic E-state index is -0.352. The van der Waals surface area contributed by atoms with Gasteiger partial charge in [-0.15, -0.1) is 0 Å². The molecule has 0 aliphatic heterocycles. The number of nitrogens with zero attached hydrogens (tertiary/aromatic N) is 1. The van der Waals surface area contributed by atoms with Gasteiger partial charge in [-0.2, -0.15) is 0 Å². The van der Waals surface area contributed by atoms with Crippen molar-refractivity contribution in [3.8, 4) is 0 Å². The Morgan fingerprint density at radius 3 is 2.42 bits per heavy atom. The van der Waals surface area contributed by atoms with Gasteiger partial charge in [0.1, 0.15) is 5.82 Å². The molecule has 2 nitrogen and oxygen atoms in total. The lowest BCUT2D eigenvalue weighted by Gasteiger charge is -2.23. The van der Waals surface area contributed by atoms with Gasteiger partial charge in [-0.25, -0.2) is 4.39 Å². The van der Waals surface area contributed by atoms with E-state index >= 15 is 0 Å². The van der Waals surface area contributed by atoms with E-state index in [0.29, 0.717) is 10.2 Å². The first-order valence-corrected chi connectivity index (χ1v) is 6.75. The molecule has 0 aliphatic carbocycles. The van der Waals surface area contributed by atoms with Crippen molar-refractivity contribution >= 4 is 33.0 Å². The van der Waals surface area contributed by atoms with Gasteiger partial charge in [-0.1, -0.05) is 17.7 Å². The van der Waals surface area contributed by atoms with Crippen LogP contribution in [0.2, 0.25) is 0 Å². The van der Waals surface area contributed by atoms with Crippen LogP contribution in [0.3, 0.4) is 0 Å². The Bertz CT molecular complexity index is 626. The van der Waals surface area contributed by atoms with Crippen LogP contribution < -0.4 is 10.6 Å². The van der Waals surface area contributed by atoms with Crippen LogP contribution in [-0.2, 0) is 0 Å². The fourth-order valence-electron chi connectivity index (χ4n) is 2.15. The molecule has 0 saturated heterocycles. The van der Waals surface area contributed by atoms with Crippen molar-refractivity contribution in [3.63, 3.8) is 0 Å². The van der Waals surface area contributed by atoms with Gasteiger partial charge >= 0.3 is 0 Å². The van der Waals surface area contributed by atoms with Crippen LogP contribution in [0.5, 0.6) is 0 Å². The normalized spacial score (nSPS) is 10.6. The Morgan fingerprint density at radius 1 is 1.11 bits per heavy atom. The molecular formula is C15H16BrFN2. The lowest BCUT2D eigenvalue weighted by Crippen LogP contribution is -2.13. The number of rotatable bonds is 2. The molecular weight excluding hydrogens is 307 g/mol. The maximum Gasteiger partial charge on any atom is 0.139 e. The molecule has 0 aromatic heterocycles. The molecule has 100 valence electrons. The van der Waals surface area contributed by atoms with Crippen LogP contribution in [-0.4, -0.2) is 7.05 Å². The fourth-order valence-corrected chi connectivity index (χ4v) is 2.48. The number of hydrogen-bond donors (Lipinski definition) is 1. The highest BCUT2D eigenvalue weighted by Crippen LogP contribution is 2.34. The van der Waals surface area contributed by atoms with E-state index in [1.807, 2.05) is 31.0 Å². The van der Waals surface area contributed by atoms with Gasteiger partial charge in [-0.3, -0.25) is 0 Å². The minimum Gasteiger partial charge on any atom is -0.397 e. The molecule has 0 aliphatic rings. The van der Waals surface area contributed by atoms with E-state index in [1.54, 1.807) is 6.07 Å². The topological polar surface area (TPSA) is 29.3 Å². The highest BCUT2D eigenvalue weighted by molar-refractivity contribution is 9.10. The molecule has 0 saturated carbocycles. The highest BCUT2D eigenvalue weighted by Gasteiger charge is 2.13. The third-order valence-corrected chi connectivity index (χ3v) is 3.75. The molecule has 0 spiro atoms. The number of halogens is 2. The zero-order chi connectivity index (χ0) is 14.2. The van der Waals surface area contributed by atoms with E-state index in [1.165, 1.54) is 11.6 Å². The van der Waals surface area contributed by atoms with Gasteiger partial charge in [0, 0.05) is 18.8 Å². The molecule has 0 radical (unpaired) electrons. The van der Waals surface area contributed by atoms with Crippen LogP contribution in [0.25, 0.3) is 0 Å². The number of nitrogen functional groups attached to an aromatic ring is 1. The first-order valence-electron chi connectivity index (χ1n) is 5.95.